The Morgan fingerprint density at radius 2 is 2.00 bits per heavy atom. The van der Waals surface area contributed by atoms with Crippen molar-refractivity contribution in [1.29, 1.82) is 0 Å². The first kappa shape index (κ1) is 13.1. The molecular formula is C13H13NO5. The van der Waals surface area contributed by atoms with E-state index in [0.29, 0.717) is 6.42 Å². The Hall–Kier alpha value is -2.37. The molecule has 0 aliphatic carbocycles. The summed E-state index contributed by atoms with van der Waals surface area (Å²) in [5.74, 6) is -2.98. The molecule has 0 saturated heterocycles. The smallest absolute Gasteiger partial charge is 0.335 e. The van der Waals surface area contributed by atoms with Gasteiger partial charge in [-0.25, -0.2) is 4.79 Å². The monoisotopic (exact) mass is 263 g/mol. The van der Waals surface area contributed by atoms with Crippen LogP contribution in [0.2, 0.25) is 0 Å². The lowest BCUT2D eigenvalue weighted by Crippen LogP contribution is -2.30. The number of hydrogen-bond acceptors (Lipinski definition) is 3. The Balaban J connectivity index is 2.30. The fourth-order valence-corrected chi connectivity index (χ4v) is 2.18. The van der Waals surface area contributed by atoms with Gasteiger partial charge >= 0.3 is 11.9 Å². The molecule has 6 nitrogen and oxygen atoms in total. The van der Waals surface area contributed by atoms with Crippen LogP contribution in [0.5, 0.6) is 0 Å². The first-order chi connectivity index (χ1) is 8.97. The molecule has 1 atom stereocenters. The van der Waals surface area contributed by atoms with E-state index >= 15 is 0 Å². The van der Waals surface area contributed by atoms with Crippen LogP contribution in [0.4, 0.5) is 0 Å². The van der Waals surface area contributed by atoms with E-state index in [0.717, 1.165) is 11.1 Å². The number of fused-ring (bicyclic) bond motifs is 1. The van der Waals surface area contributed by atoms with Crippen LogP contribution in [0.25, 0.3) is 0 Å². The van der Waals surface area contributed by atoms with Crippen LogP contribution in [-0.4, -0.2) is 28.1 Å². The zero-order chi connectivity index (χ0) is 14.0. The van der Waals surface area contributed by atoms with Crippen molar-refractivity contribution in [2.45, 2.75) is 19.4 Å². The molecule has 1 aliphatic heterocycles. The van der Waals surface area contributed by atoms with Gasteiger partial charge in [0, 0.05) is 6.54 Å². The third-order valence-corrected chi connectivity index (χ3v) is 3.16. The second-order valence-corrected chi connectivity index (χ2v) is 4.51. The maximum Gasteiger partial charge on any atom is 0.335 e. The molecule has 0 radical (unpaired) electrons. The Kier molecular flexibility index (Phi) is 3.50. The van der Waals surface area contributed by atoms with Crippen LogP contribution in [0.3, 0.4) is 0 Å². The summed E-state index contributed by atoms with van der Waals surface area (Å²) < 4.78 is 0. The van der Waals surface area contributed by atoms with E-state index in [2.05, 4.69) is 5.32 Å². The lowest BCUT2D eigenvalue weighted by molar-refractivity contribution is -0.141. The molecule has 1 aromatic carbocycles. The average Bonchev–Trinajstić information content (AvgIpc) is 2.49. The fraction of sp³-hybridized carbons (Fsp3) is 0.308. The van der Waals surface area contributed by atoms with Crippen LogP contribution in [0.1, 0.15) is 27.9 Å². The van der Waals surface area contributed by atoms with Crippen molar-refractivity contribution in [1.82, 2.24) is 5.32 Å². The molecule has 0 spiro atoms. The van der Waals surface area contributed by atoms with Crippen LogP contribution >= 0.6 is 0 Å². The highest BCUT2D eigenvalue weighted by Gasteiger charge is 2.26. The van der Waals surface area contributed by atoms with Crippen LogP contribution in [-0.2, 0) is 22.6 Å². The number of carbonyl (C=O) groups excluding carboxylic acids is 1. The van der Waals surface area contributed by atoms with Gasteiger partial charge in [-0.15, -0.1) is 0 Å². The van der Waals surface area contributed by atoms with Crippen molar-refractivity contribution in [2.24, 2.45) is 5.92 Å². The van der Waals surface area contributed by atoms with E-state index in [9.17, 15) is 14.4 Å². The number of carboxylic acid groups (broad SMARTS) is 2. The quantitative estimate of drug-likeness (QED) is 0.742. The average molecular weight is 263 g/mol. The summed E-state index contributed by atoms with van der Waals surface area (Å²) in [7, 11) is 0. The Morgan fingerprint density at radius 3 is 2.63 bits per heavy atom. The maximum atomic E-state index is 11.7. The molecular weight excluding hydrogens is 250 g/mol. The van der Waals surface area contributed by atoms with Gasteiger partial charge in [-0.2, -0.15) is 0 Å². The maximum absolute atomic E-state index is 11.7. The van der Waals surface area contributed by atoms with Gasteiger partial charge in [-0.05, 0) is 29.7 Å². The highest BCUT2D eigenvalue weighted by molar-refractivity contribution is 5.88. The molecule has 3 N–H and O–H groups in total. The predicted molar refractivity (Wildman–Crippen MR) is 64.7 cm³/mol. The number of hydrogen-bond donors (Lipinski definition) is 3. The molecule has 19 heavy (non-hydrogen) atoms. The number of carboxylic acids is 2. The number of rotatable bonds is 3. The normalized spacial score (nSPS) is 18.1. The number of aliphatic carboxylic acids is 1. The van der Waals surface area contributed by atoms with Gasteiger partial charge in [0.05, 0.1) is 17.9 Å². The topological polar surface area (TPSA) is 104 Å². The number of benzene rings is 1. The minimum atomic E-state index is -1.03. The molecule has 1 unspecified atom stereocenters. The molecule has 6 heteroatoms. The summed E-state index contributed by atoms with van der Waals surface area (Å²) in [6.45, 7) is 0.228. The van der Waals surface area contributed by atoms with Crippen molar-refractivity contribution >= 4 is 17.8 Å². The fourth-order valence-electron chi connectivity index (χ4n) is 2.18. The van der Waals surface area contributed by atoms with E-state index in [1.165, 1.54) is 12.1 Å². The number of aromatic carboxylic acids is 1. The van der Waals surface area contributed by atoms with Crippen molar-refractivity contribution in [2.75, 3.05) is 0 Å². The van der Waals surface area contributed by atoms with E-state index in [4.69, 9.17) is 10.2 Å². The van der Waals surface area contributed by atoms with E-state index in [1.54, 1.807) is 6.07 Å². The molecule has 1 aliphatic rings. The highest BCUT2D eigenvalue weighted by atomic mass is 16.4. The molecule has 1 amide bonds. The van der Waals surface area contributed by atoms with Crippen LogP contribution in [0, 0.1) is 5.92 Å². The summed E-state index contributed by atoms with van der Waals surface area (Å²) in [6, 6.07) is 4.63. The predicted octanol–water partition coefficient (Wildman–Crippen LogP) is 0.648. The number of amides is 1. The second kappa shape index (κ2) is 5.09. The molecule has 0 aromatic heterocycles. The first-order valence-corrected chi connectivity index (χ1v) is 5.82. The molecule has 1 aromatic rings. The summed E-state index contributed by atoms with van der Waals surface area (Å²) in [6.07, 6.45) is 0.0827. The Morgan fingerprint density at radius 1 is 1.26 bits per heavy atom. The Bertz CT molecular complexity index is 552. The third kappa shape index (κ3) is 2.90. The van der Waals surface area contributed by atoms with Gasteiger partial charge in [0.15, 0.2) is 0 Å². The molecule has 100 valence electrons. The van der Waals surface area contributed by atoms with Crippen molar-refractivity contribution in [3.63, 3.8) is 0 Å². The van der Waals surface area contributed by atoms with Gasteiger partial charge < -0.3 is 15.5 Å². The molecule has 0 fully saturated rings. The van der Waals surface area contributed by atoms with Crippen LogP contribution in [0.15, 0.2) is 18.2 Å². The standard InChI is InChI=1S/C13H13NO5/c15-11(16)5-9-3-7-1-2-8(13(18)19)4-10(7)6-14-12(9)17/h1-2,4,9H,3,5-6H2,(H,14,17)(H,15,16)(H,18,19). The lowest BCUT2D eigenvalue weighted by Gasteiger charge is -2.10. The van der Waals surface area contributed by atoms with Crippen molar-refractivity contribution in [3.05, 3.63) is 34.9 Å². The van der Waals surface area contributed by atoms with E-state index in [1.807, 2.05) is 0 Å². The van der Waals surface area contributed by atoms with Gasteiger partial charge in [-0.1, -0.05) is 6.07 Å². The van der Waals surface area contributed by atoms with Gasteiger partial charge in [-0.3, -0.25) is 9.59 Å². The number of nitrogens with one attached hydrogen (secondary N) is 1. The zero-order valence-electron chi connectivity index (χ0n) is 10.0. The minimum absolute atomic E-state index is 0.157. The van der Waals surface area contributed by atoms with Gasteiger partial charge in [0.1, 0.15) is 0 Å². The molecule has 0 bridgehead atoms. The highest BCUT2D eigenvalue weighted by Crippen LogP contribution is 2.21. The van der Waals surface area contributed by atoms with Gasteiger partial charge in [0.25, 0.3) is 0 Å². The SMILES string of the molecule is O=C(O)CC1Cc2ccc(C(=O)O)cc2CNC1=O. The lowest BCUT2D eigenvalue weighted by atomic mass is 9.93. The van der Waals surface area contributed by atoms with Crippen molar-refractivity contribution < 1.29 is 24.6 Å². The first-order valence-electron chi connectivity index (χ1n) is 5.82. The summed E-state index contributed by atoms with van der Waals surface area (Å²) in [4.78, 5) is 33.4. The summed E-state index contributed by atoms with van der Waals surface area (Å²) in [5, 5.41) is 20.3. The third-order valence-electron chi connectivity index (χ3n) is 3.16. The van der Waals surface area contributed by atoms with Gasteiger partial charge in [0.2, 0.25) is 5.91 Å². The Labute approximate surface area is 109 Å². The van der Waals surface area contributed by atoms with E-state index in [-0.39, 0.29) is 24.4 Å². The molecule has 1 heterocycles. The largest absolute Gasteiger partial charge is 0.481 e. The summed E-state index contributed by atoms with van der Waals surface area (Å²) >= 11 is 0. The van der Waals surface area contributed by atoms with Crippen LogP contribution < -0.4 is 5.32 Å². The number of carbonyl (C=O) groups is 3. The minimum Gasteiger partial charge on any atom is -0.481 e. The second-order valence-electron chi connectivity index (χ2n) is 4.51. The summed E-state index contributed by atoms with van der Waals surface area (Å²) in [5.41, 5.74) is 1.69. The molecule has 2 rings (SSSR count). The molecule has 0 saturated carbocycles. The van der Waals surface area contributed by atoms with E-state index < -0.39 is 17.9 Å². The van der Waals surface area contributed by atoms with Crippen molar-refractivity contribution in [3.8, 4) is 0 Å². The zero-order valence-corrected chi connectivity index (χ0v) is 10.0.